The van der Waals surface area contributed by atoms with Gasteiger partial charge in [0.25, 0.3) is 0 Å². The van der Waals surface area contributed by atoms with Gasteiger partial charge in [-0.2, -0.15) is 0 Å². The minimum absolute atomic E-state index is 0.0822. The molecule has 0 radical (unpaired) electrons. The first kappa shape index (κ1) is 16.0. The Morgan fingerprint density at radius 3 is 2.80 bits per heavy atom. The number of hydrogen-bond acceptors (Lipinski definition) is 5. The molecular weight excluding hydrogens is 264 g/mol. The average molecular weight is 284 g/mol. The lowest BCUT2D eigenvalue weighted by atomic mass is 10.4. The number of hydrogen-bond donors (Lipinski definition) is 2. The Bertz CT molecular complexity index is 446. The first-order valence-electron chi connectivity index (χ1n) is 6.31. The summed E-state index contributed by atoms with van der Waals surface area (Å²) in [5.41, 5.74) is 0. The molecule has 0 saturated heterocycles. The van der Waals surface area contributed by atoms with Gasteiger partial charge in [0.2, 0.25) is 5.91 Å². The van der Waals surface area contributed by atoms with Crippen molar-refractivity contribution in [1.29, 1.82) is 0 Å². The summed E-state index contributed by atoms with van der Waals surface area (Å²) in [7, 11) is 1.54. The number of nitrogens with one attached hydrogen (secondary N) is 2. The smallest absolute Gasteiger partial charge is 0.317 e. The van der Waals surface area contributed by atoms with Crippen LogP contribution in [0.25, 0.3) is 0 Å². The van der Waals surface area contributed by atoms with E-state index in [1.54, 1.807) is 13.0 Å². The summed E-state index contributed by atoms with van der Waals surface area (Å²) in [5, 5.41) is 8.86. The minimum Gasteiger partial charge on any atom is -0.383 e. The van der Waals surface area contributed by atoms with Gasteiger partial charge in [-0.1, -0.05) is 5.16 Å². The van der Waals surface area contributed by atoms with Gasteiger partial charge in [0, 0.05) is 26.3 Å². The normalized spacial score (nSPS) is 10.2. The second-order valence-electron chi connectivity index (χ2n) is 4.12. The van der Waals surface area contributed by atoms with Crippen LogP contribution < -0.4 is 10.6 Å². The summed E-state index contributed by atoms with van der Waals surface area (Å²) in [6.07, 6.45) is 0. The van der Waals surface area contributed by atoms with Crippen molar-refractivity contribution in [3.05, 3.63) is 11.8 Å². The number of methoxy groups -OCH3 is 1. The molecule has 0 aromatic carbocycles. The van der Waals surface area contributed by atoms with E-state index in [2.05, 4.69) is 15.8 Å². The summed E-state index contributed by atoms with van der Waals surface area (Å²) in [6, 6.07) is 1.29. The zero-order chi connectivity index (χ0) is 15.0. The van der Waals surface area contributed by atoms with Crippen molar-refractivity contribution >= 4 is 17.8 Å². The zero-order valence-corrected chi connectivity index (χ0v) is 11.9. The van der Waals surface area contributed by atoms with Crippen molar-refractivity contribution in [2.45, 2.75) is 13.8 Å². The first-order chi connectivity index (χ1) is 9.56. The third-order valence-corrected chi connectivity index (χ3v) is 2.41. The minimum atomic E-state index is -0.347. The molecule has 1 aromatic rings. The van der Waals surface area contributed by atoms with Gasteiger partial charge in [0.05, 0.1) is 6.61 Å². The van der Waals surface area contributed by atoms with Crippen LogP contribution in [0.2, 0.25) is 0 Å². The molecule has 20 heavy (non-hydrogen) atoms. The van der Waals surface area contributed by atoms with Crippen LogP contribution in [-0.2, 0) is 9.53 Å². The van der Waals surface area contributed by atoms with E-state index in [1.165, 1.54) is 12.0 Å². The number of anilines is 1. The van der Waals surface area contributed by atoms with Gasteiger partial charge in [-0.25, -0.2) is 4.79 Å². The highest BCUT2D eigenvalue weighted by molar-refractivity contribution is 5.93. The summed E-state index contributed by atoms with van der Waals surface area (Å²) in [6.45, 7) is 4.63. The van der Waals surface area contributed by atoms with Gasteiger partial charge in [0.1, 0.15) is 12.3 Å². The largest absolute Gasteiger partial charge is 0.383 e. The Morgan fingerprint density at radius 2 is 2.25 bits per heavy atom. The van der Waals surface area contributed by atoms with Crippen molar-refractivity contribution in [3.8, 4) is 0 Å². The fourth-order valence-electron chi connectivity index (χ4n) is 1.50. The topological polar surface area (TPSA) is 96.7 Å². The van der Waals surface area contributed by atoms with E-state index < -0.39 is 0 Å². The van der Waals surface area contributed by atoms with E-state index in [-0.39, 0.29) is 18.5 Å². The molecule has 3 amide bonds. The third kappa shape index (κ3) is 5.27. The predicted molar refractivity (Wildman–Crippen MR) is 72.4 cm³/mol. The molecule has 0 fully saturated rings. The van der Waals surface area contributed by atoms with E-state index in [0.717, 1.165) is 0 Å². The maximum atomic E-state index is 11.8. The average Bonchev–Trinajstić information content (AvgIpc) is 2.80. The van der Waals surface area contributed by atoms with Crippen molar-refractivity contribution in [3.63, 3.8) is 0 Å². The van der Waals surface area contributed by atoms with Crippen molar-refractivity contribution in [1.82, 2.24) is 15.4 Å². The number of carbonyl (C=O) groups is 2. The number of aromatic nitrogens is 1. The predicted octanol–water partition coefficient (Wildman–Crippen LogP) is 0.599. The number of urea groups is 1. The molecule has 0 spiro atoms. The van der Waals surface area contributed by atoms with E-state index in [1.807, 2.05) is 6.92 Å². The van der Waals surface area contributed by atoms with E-state index in [4.69, 9.17) is 9.26 Å². The number of rotatable bonds is 7. The molecule has 0 bridgehead atoms. The molecule has 1 heterocycles. The van der Waals surface area contributed by atoms with Crippen LogP contribution in [-0.4, -0.2) is 55.3 Å². The lowest BCUT2D eigenvalue weighted by Gasteiger charge is -2.21. The van der Waals surface area contributed by atoms with Crippen LogP contribution >= 0.6 is 0 Å². The molecule has 0 aliphatic rings. The molecule has 0 saturated carbocycles. The van der Waals surface area contributed by atoms with Crippen LogP contribution in [0.3, 0.4) is 0 Å². The van der Waals surface area contributed by atoms with E-state index >= 15 is 0 Å². The van der Waals surface area contributed by atoms with Gasteiger partial charge in [-0.15, -0.1) is 0 Å². The van der Waals surface area contributed by atoms with Crippen LogP contribution in [0, 0.1) is 6.92 Å². The Labute approximate surface area is 117 Å². The summed E-state index contributed by atoms with van der Waals surface area (Å²) in [5.74, 6) is 0.580. The molecular formula is C12H20N4O4. The molecule has 0 aliphatic heterocycles. The van der Waals surface area contributed by atoms with Gasteiger partial charge in [-0.05, 0) is 13.8 Å². The molecule has 8 nitrogen and oxygen atoms in total. The van der Waals surface area contributed by atoms with Crippen LogP contribution in [0.5, 0.6) is 0 Å². The second kappa shape index (κ2) is 8.16. The van der Waals surface area contributed by atoms with Crippen LogP contribution in [0.15, 0.2) is 10.6 Å². The van der Waals surface area contributed by atoms with Crippen LogP contribution in [0.1, 0.15) is 12.7 Å². The summed E-state index contributed by atoms with van der Waals surface area (Å²) in [4.78, 5) is 25.0. The first-order valence-corrected chi connectivity index (χ1v) is 6.31. The molecule has 0 aliphatic carbocycles. The van der Waals surface area contributed by atoms with Gasteiger partial charge < -0.3 is 24.8 Å². The highest BCUT2D eigenvalue weighted by Crippen LogP contribution is 2.06. The highest BCUT2D eigenvalue weighted by Gasteiger charge is 2.17. The molecule has 112 valence electrons. The highest BCUT2D eigenvalue weighted by atomic mass is 16.5. The SMILES string of the molecule is CCNC(=O)N(CCOC)CC(=O)Nc1cc(C)on1. The maximum Gasteiger partial charge on any atom is 0.317 e. The number of nitrogens with zero attached hydrogens (tertiary/aromatic N) is 2. The zero-order valence-electron chi connectivity index (χ0n) is 11.9. The van der Waals surface area contributed by atoms with E-state index in [9.17, 15) is 9.59 Å². The number of amides is 3. The van der Waals surface area contributed by atoms with Crippen molar-refractivity contribution in [2.75, 3.05) is 38.7 Å². The van der Waals surface area contributed by atoms with Crippen molar-refractivity contribution in [2.24, 2.45) is 0 Å². The fourth-order valence-corrected chi connectivity index (χ4v) is 1.50. The Morgan fingerprint density at radius 1 is 1.50 bits per heavy atom. The standard InChI is InChI=1S/C12H20N4O4/c1-4-13-12(18)16(5-6-19-3)8-11(17)14-10-7-9(2)20-15-10/h7H,4-6,8H2,1-3H3,(H,13,18)(H,14,15,17). The van der Waals surface area contributed by atoms with Gasteiger partial charge in [0.15, 0.2) is 5.82 Å². The Hall–Kier alpha value is -2.09. The molecule has 2 N–H and O–H groups in total. The van der Waals surface area contributed by atoms with Gasteiger partial charge >= 0.3 is 6.03 Å². The molecule has 1 aromatic heterocycles. The lowest BCUT2D eigenvalue weighted by Crippen LogP contribution is -2.45. The molecule has 0 atom stereocenters. The molecule has 8 heteroatoms. The quantitative estimate of drug-likeness (QED) is 0.764. The Kier molecular flexibility index (Phi) is 6.51. The Balaban J connectivity index is 2.54. The van der Waals surface area contributed by atoms with E-state index in [0.29, 0.717) is 31.3 Å². The third-order valence-electron chi connectivity index (χ3n) is 2.41. The lowest BCUT2D eigenvalue weighted by molar-refractivity contribution is -0.116. The maximum absolute atomic E-state index is 11.8. The fraction of sp³-hybridized carbons (Fsp3) is 0.583. The summed E-state index contributed by atoms with van der Waals surface area (Å²) >= 11 is 0. The second-order valence-corrected chi connectivity index (χ2v) is 4.12. The van der Waals surface area contributed by atoms with Crippen molar-refractivity contribution < 1.29 is 18.8 Å². The monoisotopic (exact) mass is 284 g/mol. The number of ether oxygens (including phenoxy) is 1. The molecule has 0 unspecified atom stereocenters. The number of carbonyl (C=O) groups excluding carboxylic acids is 2. The summed E-state index contributed by atoms with van der Waals surface area (Å²) < 4.78 is 9.77. The van der Waals surface area contributed by atoms with Gasteiger partial charge in [-0.3, -0.25) is 4.79 Å². The van der Waals surface area contributed by atoms with Crippen LogP contribution in [0.4, 0.5) is 10.6 Å². The number of aryl methyl sites for hydroxylation is 1. The molecule has 1 rings (SSSR count).